The molecule has 2 aromatic rings. The summed E-state index contributed by atoms with van der Waals surface area (Å²) in [7, 11) is 2.08. The van der Waals surface area contributed by atoms with E-state index in [1.54, 1.807) is 6.07 Å². The van der Waals surface area contributed by atoms with Gasteiger partial charge in [0.2, 0.25) is 0 Å². The van der Waals surface area contributed by atoms with Crippen LogP contribution in [0.4, 0.5) is 11.5 Å². The van der Waals surface area contributed by atoms with Crippen molar-refractivity contribution in [2.75, 3.05) is 23.8 Å². The largest absolute Gasteiger partial charge is 0.370 e. The number of likely N-dealkylation sites (N-methyl/N-ethyl adjacent to an activating group) is 1. The van der Waals surface area contributed by atoms with Crippen LogP contribution in [0.3, 0.4) is 0 Å². The number of aryl methyl sites for hydroxylation is 1. The zero-order chi connectivity index (χ0) is 14.5. The maximum atomic E-state index is 5.92. The third kappa shape index (κ3) is 3.84. The van der Waals surface area contributed by atoms with Crippen LogP contribution in [0.2, 0.25) is 5.15 Å². The van der Waals surface area contributed by atoms with Gasteiger partial charge in [-0.25, -0.2) is 9.97 Å². The molecule has 0 bridgehead atoms. The minimum Gasteiger partial charge on any atom is -0.370 e. The Morgan fingerprint density at radius 1 is 1.25 bits per heavy atom. The van der Waals surface area contributed by atoms with Crippen LogP contribution in [-0.4, -0.2) is 29.6 Å². The molecule has 2 rings (SSSR count). The van der Waals surface area contributed by atoms with Gasteiger partial charge in [0.15, 0.2) is 0 Å². The first-order chi connectivity index (χ1) is 9.56. The second-order valence-electron chi connectivity index (χ2n) is 4.80. The van der Waals surface area contributed by atoms with E-state index in [1.807, 2.05) is 25.1 Å². The highest BCUT2D eigenvalue weighted by molar-refractivity contribution is 6.29. The summed E-state index contributed by atoms with van der Waals surface area (Å²) in [6.07, 6.45) is 0. The number of rotatable bonds is 5. The summed E-state index contributed by atoms with van der Waals surface area (Å²) in [5.74, 6) is 1.43. The number of hydrogen-bond acceptors (Lipinski definition) is 4. The van der Waals surface area contributed by atoms with Crippen LogP contribution in [0.25, 0.3) is 0 Å². The molecular formula is C15H19ClN4. The number of benzene rings is 1. The molecule has 4 nitrogen and oxygen atoms in total. The Balaban J connectivity index is 1.96. The van der Waals surface area contributed by atoms with E-state index in [-0.39, 0.29) is 0 Å². The first-order valence-electron chi connectivity index (χ1n) is 6.59. The number of halogens is 1. The Labute approximate surface area is 124 Å². The Morgan fingerprint density at radius 2 is 1.95 bits per heavy atom. The lowest BCUT2D eigenvalue weighted by Crippen LogP contribution is -2.34. The van der Waals surface area contributed by atoms with Gasteiger partial charge in [-0.2, -0.15) is 0 Å². The summed E-state index contributed by atoms with van der Waals surface area (Å²) in [5, 5.41) is 3.76. The monoisotopic (exact) mass is 290 g/mol. The highest BCUT2D eigenvalue weighted by Crippen LogP contribution is 2.15. The van der Waals surface area contributed by atoms with Crippen LogP contribution in [0.5, 0.6) is 0 Å². The summed E-state index contributed by atoms with van der Waals surface area (Å²) >= 11 is 5.92. The molecule has 1 heterocycles. The van der Waals surface area contributed by atoms with Crippen LogP contribution in [0.15, 0.2) is 36.4 Å². The predicted octanol–water partition coefficient (Wildman–Crippen LogP) is 3.38. The van der Waals surface area contributed by atoms with Gasteiger partial charge in [-0.05, 0) is 26.0 Å². The minimum atomic E-state index is 0.325. The van der Waals surface area contributed by atoms with E-state index >= 15 is 0 Å². The van der Waals surface area contributed by atoms with E-state index in [9.17, 15) is 0 Å². The quantitative estimate of drug-likeness (QED) is 0.857. The number of nitrogens with zero attached hydrogens (tertiary/aromatic N) is 3. The normalized spacial score (nSPS) is 12.0. The lowest BCUT2D eigenvalue weighted by molar-refractivity contribution is 0.714. The van der Waals surface area contributed by atoms with Gasteiger partial charge in [0.05, 0.1) is 0 Å². The van der Waals surface area contributed by atoms with Gasteiger partial charge in [-0.15, -0.1) is 0 Å². The number of hydrogen-bond donors (Lipinski definition) is 1. The van der Waals surface area contributed by atoms with Crippen LogP contribution < -0.4 is 10.2 Å². The maximum Gasteiger partial charge on any atom is 0.134 e. The summed E-state index contributed by atoms with van der Waals surface area (Å²) in [6, 6.07) is 12.4. The Morgan fingerprint density at radius 3 is 2.60 bits per heavy atom. The van der Waals surface area contributed by atoms with Crippen molar-refractivity contribution in [1.29, 1.82) is 0 Å². The number of nitrogens with one attached hydrogen (secondary N) is 1. The van der Waals surface area contributed by atoms with Gasteiger partial charge in [0.25, 0.3) is 0 Å². The van der Waals surface area contributed by atoms with Gasteiger partial charge in [-0.3, -0.25) is 0 Å². The third-order valence-corrected chi connectivity index (χ3v) is 3.40. The fourth-order valence-electron chi connectivity index (χ4n) is 1.93. The van der Waals surface area contributed by atoms with E-state index in [0.29, 0.717) is 17.0 Å². The fourth-order valence-corrected chi connectivity index (χ4v) is 2.15. The van der Waals surface area contributed by atoms with Crippen molar-refractivity contribution >= 4 is 23.1 Å². The third-order valence-electron chi connectivity index (χ3n) is 3.21. The molecule has 1 N–H and O–H groups in total. The second-order valence-corrected chi connectivity index (χ2v) is 5.19. The average Bonchev–Trinajstić information content (AvgIpc) is 2.44. The molecule has 0 saturated heterocycles. The highest BCUT2D eigenvalue weighted by atomic mass is 35.5. The molecule has 1 aromatic heterocycles. The molecule has 20 heavy (non-hydrogen) atoms. The van der Waals surface area contributed by atoms with Crippen molar-refractivity contribution in [2.24, 2.45) is 0 Å². The Bertz CT molecular complexity index is 539. The van der Waals surface area contributed by atoms with Crippen molar-refractivity contribution in [1.82, 2.24) is 9.97 Å². The van der Waals surface area contributed by atoms with Gasteiger partial charge in [-0.1, -0.05) is 29.8 Å². The van der Waals surface area contributed by atoms with Gasteiger partial charge >= 0.3 is 0 Å². The molecule has 5 heteroatoms. The number of para-hydroxylation sites is 1. The van der Waals surface area contributed by atoms with Crippen LogP contribution in [0, 0.1) is 6.92 Å². The fraction of sp³-hybridized carbons (Fsp3) is 0.333. The minimum absolute atomic E-state index is 0.325. The molecule has 0 radical (unpaired) electrons. The van der Waals surface area contributed by atoms with Crippen molar-refractivity contribution in [2.45, 2.75) is 19.9 Å². The first kappa shape index (κ1) is 14.6. The molecule has 1 atom stereocenters. The van der Waals surface area contributed by atoms with Crippen molar-refractivity contribution < 1.29 is 0 Å². The zero-order valence-corrected chi connectivity index (χ0v) is 12.7. The van der Waals surface area contributed by atoms with E-state index in [0.717, 1.165) is 12.4 Å². The van der Waals surface area contributed by atoms with E-state index in [1.165, 1.54) is 5.69 Å². The summed E-state index contributed by atoms with van der Waals surface area (Å²) < 4.78 is 0. The molecule has 1 unspecified atom stereocenters. The molecule has 1 aromatic carbocycles. The Kier molecular flexibility index (Phi) is 4.79. The van der Waals surface area contributed by atoms with Crippen LogP contribution >= 0.6 is 11.6 Å². The van der Waals surface area contributed by atoms with E-state index in [2.05, 4.69) is 46.3 Å². The van der Waals surface area contributed by atoms with Crippen LogP contribution in [0.1, 0.15) is 12.7 Å². The topological polar surface area (TPSA) is 41.1 Å². The zero-order valence-electron chi connectivity index (χ0n) is 12.0. The molecule has 0 saturated carbocycles. The number of aromatic nitrogens is 2. The van der Waals surface area contributed by atoms with Gasteiger partial charge < -0.3 is 10.2 Å². The van der Waals surface area contributed by atoms with Crippen molar-refractivity contribution in [3.8, 4) is 0 Å². The molecule has 0 aliphatic carbocycles. The smallest absolute Gasteiger partial charge is 0.134 e. The summed E-state index contributed by atoms with van der Waals surface area (Å²) in [6.45, 7) is 4.77. The molecule has 0 fully saturated rings. The van der Waals surface area contributed by atoms with E-state index < -0.39 is 0 Å². The van der Waals surface area contributed by atoms with Gasteiger partial charge in [0, 0.05) is 31.4 Å². The lowest BCUT2D eigenvalue weighted by Gasteiger charge is -2.27. The molecule has 106 valence electrons. The highest BCUT2D eigenvalue weighted by Gasteiger charge is 2.10. The summed E-state index contributed by atoms with van der Waals surface area (Å²) in [4.78, 5) is 10.6. The Hall–Kier alpha value is -1.81. The second kappa shape index (κ2) is 6.57. The van der Waals surface area contributed by atoms with Crippen LogP contribution in [-0.2, 0) is 0 Å². The summed E-state index contributed by atoms with van der Waals surface area (Å²) in [5.41, 5.74) is 1.19. The SMILES string of the molecule is Cc1nc(Cl)cc(NCC(C)N(C)c2ccccc2)n1. The van der Waals surface area contributed by atoms with Crippen molar-refractivity contribution in [3.63, 3.8) is 0 Å². The molecule has 0 aliphatic heterocycles. The lowest BCUT2D eigenvalue weighted by atomic mass is 10.2. The molecular weight excluding hydrogens is 272 g/mol. The molecule has 0 amide bonds. The van der Waals surface area contributed by atoms with Crippen molar-refractivity contribution in [3.05, 3.63) is 47.4 Å². The first-order valence-corrected chi connectivity index (χ1v) is 6.97. The molecule has 0 spiro atoms. The average molecular weight is 291 g/mol. The molecule has 0 aliphatic rings. The predicted molar refractivity (Wildman–Crippen MR) is 84.6 cm³/mol. The number of anilines is 2. The maximum absolute atomic E-state index is 5.92. The van der Waals surface area contributed by atoms with Gasteiger partial charge in [0.1, 0.15) is 16.8 Å². The van der Waals surface area contributed by atoms with E-state index in [4.69, 9.17) is 11.6 Å². The standard InChI is InChI=1S/C15H19ClN4/c1-11(20(3)13-7-5-4-6-8-13)10-17-15-9-14(16)18-12(2)19-15/h4-9,11H,10H2,1-3H3,(H,17,18,19).